The van der Waals surface area contributed by atoms with Gasteiger partial charge in [0.1, 0.15) is 4.88 Å². The Kier molecular flexibility index (Phi) is 4.16. The van der Waals surface area contributed by atoms with Crippen molar-refractivity contribution < 1.29 is 9.90 Å². The normalized spacial score (nSPS) is 12.1. The smallest absolute Gasteiger partial charge is 0.347 e. The fourth-order valence-electron chi connectivity index (χ4n) is 1.91. The molecule has 0 saturated carbocycles. The van der Waals surface area contributed by atoms with Crippen molar-refractivity contribution in [2.24, 2.45) is 0 Å². The van der Waals surface area contributed by atoms with Gasteiger partial charge in [-0.3, -0.25) is 0 Å². The third kappa shape index (κ3) is 3.12. The predicted octanol–water partition coefficient (Wildman–Crippen LogP) is 3.71. The van der Waals surface area contributed by atoms with Crippen LogP contribution in [0.25, 0.3) is 0 Å². The SMILES string of the molecule is CCC(Nc1nc(C)c(C(=O)O)s1)c1ccccc1. The maximum atomic E-state index is 11.0. The summed E-state index contributed by atoms with van der Waals surface area (Å²) in [4.78, 5) is 15.6. The molecule has 100 valence electrons. The van der Waals surface area contributed by atoms with Gasteiger partial charge >= 0.3 is 5.97 Å². The average Bonchev–Trinajstić information content (AvgIpc) is 2.78. The molecule has 4 nitrogen and oxygen atoms in total. The van der Waals surface area contributed by atoms with Crippen molar-refractivity contribution in [3.63, 3.8) is 0 Å². The van der Waals surface area contributed by atoms with Crippen LogP contribution in [-0.2, 0) is 0 Å². The van der Waals surface area contributed by atoms with E-state index >= 15 is 0 Å². The summed E-state index contributed by atoms with van der Waals surface area (Å²) in [6.07, 6.45) is 0.908. The molecule has 0 aliphatic carbocycles. The molecule has 1 heterocycles. The largest absolute Gasteiger partial charge is 0.477 e. The lowest BCUT2D eigenvalue weighted by Gasteiger charge is -2.16. The molecule has 5 heteroatoms. The zero-order chi connectivity index (χ0) is 13.8. The van der Waals surface area contributed by atoms with Gasteiger partial charge in [-0.2, -0.15) is 0 Å². The molecule has 0 spiro atoms. The highest BCUT2D eigenvalue weighted by molar-refractivity contribution is 7.17. The van der Waals surface area contributed by atoms with Crippen molar-refractivity contribution in [2.75, 3.05) is 5.32 Å². The van der Waals surface area contributed by atoms with E-state index in [2.05, 4.69) is 29.4 Å². The molecule has 0 aliphatic rings. The van der Waals surface area contributed by atoms with Crippen molar-refractivity contribution >= 4 is 22.4 Å². The van der Waals surface area contributed by atoms with Gasteiger partial charge in [0.15, 0.2) is 5.13 Å². The number of aromatic carboxylic acids is 1. The van der Waals surface area contributed by atoms with Gasteiger partial charge in [0.2, 0.25) is 0 Å². The second-order valence-corrected chi connectivity index (χ2v) is 5.25. The number of anilines is 1. The first-order valence-corrected chi connectivity index (χ1v) is 6.95. The Balaban J connectivity index is 2.19. The first-order valence-electron chi connectivity index (χ1n) is 6.14. The molecule has 0 aliphatic heterocycles. The molecule has 2 rings (SSSR count). The molecule has 2 N–H and O–H groups in total. The van der Waals surface area contributed by atoms with Crippen LogP contribution in [0.2, 0.25) is 0 Å². The molecule has 1 atom stereocenters. The summed E-state index contributed by atoms with van der Waals surface area (Å²) < 4.78 is 0. The minimum Gasteiger partial charge on any atom is -0.477 e. The fraction of sp³-hybridized carbons (Fsp3) is 0.286. The molecular weight excluding hydrogens is 260 g/mol. The van der Waals surface area contributed by atoms with Crippen molar-refractivity contribution in [3.05, 3.63) is 46.5 Å². The molecule has 1 unspecified atom stereocenters. The molecule has 0 saturated heterocycles. The molecule has 0 bridgehead atoms. The third-order valence-electron chi connectivity index (χ3n) is 2.90. The van der Waals surface area contributed by atoms with E-state index < -0.39 is 5.97 Å². The minimum atomic E-state index is -0.921. The van der Waals surface area contributed by atoms with Crippen molar-refractivity contribution in [1.29, 1.82) is 0 Å². The first kappa shape index (κ1) is 13.5. The first-order chi connectivity index (χ1) is 9.11. The van der Waals surface area contributed by atoms with Gasteiger partial charge in [-0.05, 0) is 18.9 Å². The highest BCUT2D eigenvalue weighted by atomic mass is 32.1. The number of hydrogen-bond donors (Lipinski definition) is 2. The number of carboxylic acid groups (broad SMARTS) is 1. The standard InChI is InChI=1S/C14H16N2O2S/c1-3-11(10-7-5-4-6-8-10)16-14-15-9(2)12(19-14)13(17)18/h4-8,11H,3H2,1-2H3,(H,15,16)(H,17,18). The number of carboxylic acids is 1. The van der Waals surface area contributed by atoms with Gasteiger partial charge in [-0.25, -0.2) is 9.78 Å². The third-order valence-corrected chi connectivity index (χ3v) is 3.98. The van der Waals surface area contributed by atoms with Crippen LogP contribution in [0.3, 0.4) is 0 Å². The Morgan fingerprint density at radius 1 is 1.42 bits per heavy atom. The van der Waals surface area contributed by atoms with Crippen LogP contribution < -0.4 is 5.32 Å². The Hall–Kier alpha value is -1.88. The lowest BCUT2D eigenvalue weighted by atomic mass is 10.1. The van der Waals surface area contributed by atoms with Gasteiger partial charge < -0.3 is 10.4 Å². The van der Waals surface area contributed by atoms with Crippen molar-refractivity contribution in [3.8, 4) is 0 Å². The van der Waals surface area contributed by atoms with Crippen LogP contribution in [0.1, 0.15) is 40.3 Å². The summed E-state index contributed by atoms with van der Waals surface area (Å²) in [6, 6.07) is 10.2. The Morgan fingerprint density at radius 2 is 2.11 bits per heavy atom. The molecule has 1 aromatic carbocycles. The Morgan fingerprint density at radius 3 is 2.63 bits per heavy atom. The van der Waals surface area contributed by atoms with Crippen LogP contribution >= 0.6 is 11.3 Å². The number of rotatable bonds is 5. The quantitative estimate of drug-likeness (QED) is 0.873. The van der Waals surface area contributed by atoms with Gasteiger partial charge in [0, 0.05) is 0 Å². The van der Waals surface area contributed by atoms with E-state index in [4.69, 9.17) is 5.11 Å². The number of nitrogens with zero attached hydrogens (tertiary/aromatic N) is 1. The van der Waals surface area contributed by atoms with Crippen LogP contribution in [0.4, 0.5) is 5.13 Å². The summed E-state index contributed by atoms with van der Waals surface area (Å²) >= 11 is 1.18. The number of aryl methyl sites for hydroxylation is 1. The number of hydrogen-bond acceptors (Lipinski definition) is 4. The maximum absolute atomic E-state index is 11.0. The van der Waals surface area contributed by atoms with E-state index in [0.29, 0.717) is 15.7 Å². The van der Waals surface area contributed by atoms with Crippen LogP contribution in [-0.4, -0.2) is 16.1 Å². The molecule has 1 aromatic heterocycles. The van der Waals surface area contributed by atoms with Gasteiger partial charge in [-0.1, -0.05) is 48.6 Å². The number of carbonyl (C=O) groups is 1. The van der Waals surface area contributed by atoms with Crippen molar-refractivity contribution in [1.82, 2.24) is 4.98 Å². The van der Waals surface area contributed by atoms with Crippen LogP contribution in [0.15, 0.2) is 30.3 Å². The van der Waals surface area contributed by atoms with Crippen molar-refractivity contribution in [2.45, 2.75) is 26.3 Å². The molecular formula is C14H16N2O2S. The van der Waals surface area contributed by atoms with Gasteiger partial charge in [0.25, 0.3) is 0 Å². The monoisotopic (exact) mass is 276 g/mol. The molecule has 0 fully saturated rings. The summed E-state index contributed by atoms with van der Waals surface area (Å²) in [5.41, 5.74) is 1.73. The number of thiazole rings is 1. The zero-order valence-corrected chi connectivity index (χ0v) is 11.7. The molecule has 2 aromatic rings. The fourth-order valence-corrected chi connectivity index (χ4v) is 2.77. The summed E-state index contributed by atoms with van der Waals surface area (Å²) in [7, 11) is 0. The highest BCUT2D eigenvalue weighted by Crippen LogP contribution is 2.27. The van der Waals surface area contributed by atoms with E-state index in [0.717, 1.165) is 6.42 Å². The molecule has 19 heavy (non-hydrogen) atoms. The van der Waals surface area contributed by atoms with E-state index in [1.54, 1.807) is 6.92 Å². The summed E-state index contributed by atoms with van der Waals surface area (Å²) in [5, 5.41) is 13.0. The Bertz CT molecular complexity index is 566. The minimum absolute atomic E-state index is 0.147. The summed E-state index contributed by atoms with van der Waals surface area (Å²) in [5.74, 6) is -0.921. The lowest BCUT2D eigenvalue weighted by molar-refractivity contribution is 0.0701. The molecule has 0 amide bonds. The van der Waals surface area contributed by atoms with Gasteiger partial charge in [-0.15, -0.1) is 0 Å². The maximum Gasteiger partial charge on any atom is 0.347 e. The number of benzene rings is 1. The molecule has 0 radical (unpaired) electrons. The number of nitrogens with one attached hydrogen (secondary N) is 1. The second kappa shape index (κ2) is 5.84. The summed E-state index contributed by atoms with van der Waals surface area (Å²) in [6.45, 7) is 3.80. The van der Waals surface area contributed by atoms with Crippen LogP contribution in [0.5, 0.6) is 0 Å². The Labute approximate surface area is 116 Å². The van der Waals surface area contributed by atoms with E-state index in [1.165, 1.54) is 16.9 Å². The van der Waals surface area contributed by atoms with Gasteiger partial charge in [0.05, 0.1) is 11.7 Å². The topological polar surface area (TPSA) is 62.2 Å². The zero-order valence-electron chi connectivity index (χ0n) is 10.9. The van der Waals surface area contributed by atoms with E-state index in [9.17, 15) is 4.79 Å². The highest BCUT2D eigenvalue weighted by Gasteiger charge is 2.16. The second-order valence-electron chi connectivity index (χ2n) is 4.25. The van der Waals surface area contributed by atoms with E-state index in [-0.39, 0.29) is 6.04 Å². The predicted molar refractivity (Wildman–Crippen MR) is 76.9 cm³/mol. The average molecular weight is 276 g/mol. The number of aromatic nitrogens is 1. The van der Waals surface area contributed by atoms with Crippen LogP contribution in [0, 0.1) is 6.92 Å². The lowest BCUT2D eigenvalue weighted by Crippen LogP contribution is -2.09. The van der Waals surface area contributed by atoms with E-state index in [1.807, 2.05) is 18.2 Å².